The summed E-state index contributed by atoms with van der Waals surface area (Å²) in [5, 5.41) is 6.35. The summed E-state index contributed by atoms with van der Waals surface area (Å²) in [7, 11) is 0. The fourth-order valence-corrected chi connectivity index (χ4v) is 2.55. The number of amides is 2. The van der Waals surface area contributed by atoms with Crippen LogP contribution in [0.3, 0.4) is 0 Å². The molecule has 24 heavy (non-hydrogen) atoms. The number of rotatable bonds is 4. The molecule has 1 heterocycles. The Morgan fingerprint density at radius 1 is 0.917 bits per heavy atom. The van der Waals surface area contributed by atoms with E-state index in [1.807, 2.05) is 36.4 Å². The molecule has 3 rings (SSSR count). The third kappa shape index (κ3) is 3.97. The van der Waals surface area contributed by atoms with Gasteiger partial charge in [0.25, 0.3) is 0 Å². The van der Waals surface area contributed by atoms with Crippen molar-refractivity contribution >= 4 is 50.0 Å². The van der Waals surface area contributed by atoms with E-state index >= 15 is 0 Å². The van der Waals surface area contributed by atoms with Crippen molar-refractivity contribution in [2.75, 3.05) is 10.6 Å². The summed E-state index contributed by atoms with van der Waals surface area (Å²) >= 11 is 3.33. The van der Waals surface area contributed by atoms with Crippen LogP contribution >= 0.6 is 15.9 Å². The molecule has 0 bridgehead atoms. The molecule has 120 valence electrons. The van der Waals surface area contributed by atoms with Gasteiger partial charge in [-0.3, -0.25) is 14.6 Å². The summed E-state index contributed by atoms with van der Waals surface area (Å²) < 4.78 is 0.918. The van der Waals surface area contributed by atoms with Crippen LogP contribution in [0.4, 0.5) is 11.4 Å². The molecule has 0 atom stereocenters. The van der Waals surface area contributed by atoms with Gasteiger partial charge in [-0.2, -0.15) is 0 Å². The number of carbonyl (C=O) groups excluding carboxylic acids is 2. The van der Waals surface area contributed by atoms with Crippen molar-refractivity contribution in [2.24, 2.45) is 0 Å². The molecule has 1 aromatic heterocycles. The average molecular weight is 384 g/mol. The van der Waals surface area contributed by atoms with Gasteiger partial charge >= 0.3 is 0 Å². The summed E-state index contributed by atoms with van der Waals surface area (Å²) in [6.45, 7) is 0. The molecule has 0 spiro atoms. The molecule has 0 saturated carbocycles. The Kier molecular flexibility index (Phi) is 4.86. The number of carbonyl (C=O) groups is 2. The van der Waals surface area contributed by atoms with Crippen molar-refractivity contribution in [1.29, 1.82) is 0 Å². The van der Waals surface area contributed by atoms with Gasteiger partial charge in [0.05, 0.1) is 11.2 Å². The van der Waals surface area contributed by atoms with Crippen molar-refractivity contribution in [2.45, 2.75) is 6.42 Å². The van der Waals surface area contributed by atoms with E-state index in [1.165, 1.54) is 0 Å². The Labute approximate surface area is 147 Å². The minimum absolute atomic E-state index is 0.265. The standard InChI is InChI=1S/C18H14BrN3O2/c19-13-6-8-14(9-7-13)21-16(23)11-17(24)22-15-5-1-3-12-4-2-10-20-18(12)15/h1-10H,11H2,(H,21,23)(H,22,24). The number of aromatic nitrogens is 1. The highest BCUT2D eigenvalue weighted by Crippen LogP contribution is 2.20. The second kappa shape index (κ2) is 7.23. The fraction of sp³-hybridized carbons (Fsp3) is 0.0556. The first-order valence-electron chi connectivity index (χ1n) is 7.31. The number of nitrogens with one attached hydrogen (secondary N) is 2. The quantitative estimate of drug-likeness (QED) is 0.669. The molecule has 0 fully saturated rings. The maximum atomic E-state index is 12.1. The first-order valence-corrected chi connectivity index (χ1v) is 8.10. The van der Waals surface area contributed by atoms with Crippen LogP contribution in [0, 0.1) is 0 Å². The van der Waals surface area contributed by atoms with E-state index in [9.17, 15) is 9.59 Å². The molecule has 3 aromatic rings. The summed E-state index contributed by atoms with van der Waals surface area (Å²) in [6.07, 6.45) is 1.40. The Hall–Kier alpha value is -2.73. The summed E-state index contributed by atoms with van der Waals surface area (Å²) in [6, 6.07) is 16.4. The van der Waals surface area contributed by atoms with Gasteiger partial charge < -0.3 is 10.6 Å². The van der Waals surface area contributed by atoms with Crippen LogP contribution < -0.4 is 10.6 Å². The van der Waals surface area contributed by atoms with Crippen LogP contribution in [-0.2, 0) is 9.59 Å². The van der Waals surface area contributed by atoms with Gasteiger partial charge in [-0.15, -0.1) is 0 Å². The van der Waals surface area contributed by atoms with Gasteiger partial charge in [0.2, 0.25) is 11.8 Å². The maximum Gasteiger partial charge on any atom is 0.233 e. The second-order valence-corrected chi connectivity index (χ2v) is 6.08. The number of hydrogen-bond donors (Lipinski definition) is 2. The third-order valence-corrected chi connectivity index (χ3v) is 3.88. The number of pyridine rings is 1. The Bertz CT molecular complexity index is 889. The Balaban J connectivity index is 1.64. The van der Waals surface area contributed by atoms with Gasteiger partial charge in [-0.1, -0.05) is 34.1 Å². The highest BCUT2D eigenvalue weighted by molar-refractivity contribution is 9.10. The van der Waals surface area contributed by atoms with E-state index in [4.69, 9.17) is 0 Å². The molecule has 0 unspecified atom stereocenters. The van der Waals surface area contributed by atoms with Gasteiger partial charge in [0.15, 0.2) is 0 Å². The van der Waals surface area contributed by atoms with Crippen molar-refractivity contribution in [3.63, 3.8) is 0 Å². The molecule has 5 nitrogen and oxygen atoms in total. The topological polar surface area (TPSA) is 71.1 Å². The minimum Gasteiger partial charge on any atom is -0.326 e. The van der Waals surface area contributed by atoms with Crippen LogP contribution in [0.5, 0.6) is 0 Å². The minimum atomic E-state index is -0.386. The molecule has 2 aromatic carbocycles. The summed E-state index contributed by atoms with van der Waals surface area (Å²) in [4.78, 5) is 28.3. The van der Waals surface area contributed by atoms with Crippen molar-refractivity contribution < 1.29 is 9.59 Å². The van der Waals surface area contributed by atoms with Gasteiger partial charge in [0.1, 0.15) is 6.42 Å². The normalized spacial score (nSPS) is 10.4. The monoisotopic (exact) mass is 383 g/mol. The molecule has 2 N–H and O–H groups in total. The Morgan fingerprint density at radius 2 is 1.62 bits per heavy atom. The van der Waals surface area contributed by atoms with Gasteiger partial charge in [-0.25, -0.2) is 0 Å². The number of para-hydroxylation sites is 1. The highest BCUT2D eigenvalue weighted by atomic mass is 79.9. The van der Waals surface area contributed by atoms with Crippen LogP contribution in [0.2, 0.25) is 0 Å². The lowest BCUT2D eigenvalue weighted by Gasteiger charge is -2.08. The lowest BCUT2D eigenvalue weighted by Crippen LogP contribution is -2.21. The lowest BCUT2D eigenvalue weighted by atomic mass is 10.2. The van der Waals surface area contributed by atoms with Gasteiger partial charge in [0, 0.05) is 21.7 Å². The second-order valence-electron chi connectivity index (χ2n) is 5.16. The Morgan fingerprint density at radius 3 is 2.42 bits per heavy atom. The molecule has 0 aliphatic heterocycles. The highest BCUT2D eigenvalue weighted by Gasteiger charge is 2.11. The summed E-state index contributed by atoms with van der Waals surface area (Å²) in [5.74, 6) is -0.759. The summed E-state index contributed by atoms with van der Waals surface area (Å²) in [5.41, 5.74) is 1.93. The average Bonchev–Trinajstić information content (AvgIpc) is 2.57. The van der Waals surface area contributed by atoms with Crippen LogP contribution in [-0.4, -0.2) is 16.8 Å². The van der Waals surface area contributed by atoms with Crippen LogP contribution in [0.15, 0.2) is 65.3 Å². The maximum absolute atomic E-state index is 12.1. The van der Waals surface area contributed by atoms with E-state index in [0.29, 0.717) is 16.9 Å². The van der Waals surface area contributed by atoms with Crippen LogP contribution in [0.25, 0.3) is 10.9 Å². The lowest BCUT2D eigenvalue weighted by molar-refractivity contribution is -0.123. The molecule has 6 heteroatoms. The zero-order chi connectivity index (χ0) is 16.9. The van der Waals surface area contributed by atoms with Crippen molar-refractivity contribution in [3.05, 3.63) is 65.3 Å². The number of anilines is 2. The largest absolute Gasteiger partial charge is 0.326 e. The number of nitrogens with zero attached hydrogens (tertiary/aromatic N) is 1. The number of halogens is 1. The first-order chi connectivity index (χ1) is 11.6. The van der Waals surface area contributed by atoms with E-state index in [2.05, 4.69) is 31.5 Å². The molecular formula is C18H14BrN3O2. The fourth-order valence-electron chi connectivity index (χ4n) is 2.28. The smallest absolute Gasteiger partial charge is 0.233 e. The van der Waals surface area contributed by atoms with E-state index in [0.717, 1.165) is 9.86 Å². The first kappa shape index (κ1) is 16.1. The molecular weight excluding hydrogens is 370 g/mol. The predicted octanol–water partition coefficient (Wildman–Crippen LogP) is 3.96. The zero-order valence-electron chi connectivity index (χ0n) is 12.6. The van der Waals surface area contributed by atoms with Crippen molar-refractivity contribution in [1.82, 2.24) is 4.98 Å². The number of fused-ring (bicyclic) bond motifs is 1. The molecule has 0 saturated heterocycles. The third-order valence-electron chi connectivity index (χ3n) is 3.36. The van der Waals surface area contributed by atoms with Crippen LogP contribution in [0.1, 0.15) is 6.42 Å². The molecule has 0 aliphatic rings. The number of hydrogen-bond acceptors (Lipinski definition) is 3. The van der Waals surface area contributed by atoms with E-state index in [1.54, 1.807) is 24.4 Å². The zero-order valence-corrected chi connectivity index (χ0v) is 14.2. The number of benzene rings is 2. The predicted molar refractivity (Wildman–Crippen MR) is 97.8 cm³/mol. The molecule has 2 amide bonds. The van der Waals surface area contributed by atoms with E-state index < -0.39 is 0 Å². The molecule has 0 aliphatic carbocycles. The van der Waals surface area contributed by atoms with Gasteiger partial charge in [-0.05, 0) is 36.4 Å². The molecule has 0 radical (unpaired) electrons. The van der Waals surface area contributed by atoms with Crippen molar-refractivity contribution in [3.8, 4) is 0 Å². The van der Waals surface area contributed by atoms with E-state index in [-0.39, 0.29) is 18.2 Å². The SMILES string of the molecule is O=C(CC(=O)Nc1cccc2cccnc12)Nc1ccc(Br)cc1.